The lowest BCUT2D eigenvalue weighted by molar-refractivity contribution is 0.323. The fourth-order valence-electron chi connectivity index (χ4n) is 1.71. The third-order valence-corrected chi connectivity index (χ3v) is 3.00. The highest BCUT2D eigenvalue weighted by Crippen LogP contribution is 2.44. The van der Waals surface area contributed by atoms with E-state index >= 15 is 0 Å². The number of hydrogen-bond acceptors (Lipinski definition) is 2. The number of hydrogen-bond donors (Lipinski definition) is 0. The lowest BCUT2D eigenvalue weighted by atomic mass is 9.66. The van der Waals surface area contributed by atoms with Gasteiger partial charge in [-0.1, -0.05) is 17.7 Å². The molecule has 66 valence electrons. The fraction of sp³-hybridized carbons (Fsp3) is 0.400. The summed E-state index contributed by atoms with van der Waals surface area (Å²) in [4.78, 5) is 3.99. The van der Waals surface area contributed by atoms with E-state index in [9.17, 15) is 0 Å². The molecule has 2 rings (SSSR count). The first-order chi connectivity index (χ1) is 6.28. The first-order valence-electron chi connectivity index (χ1n) is 4.31. The number of aromatic nitrogens is 1. The molecule has 3 heteroatoms. The summed E-state index contributed by atoms with van der Waals surface area (Å²) in [6.45, 7) is 0. The average Bonchev–Trinajstić information content (AvgIpc) is 2.07. The number of nitriles is 1. The van der Waals surface area contributed by atoms with Gasteiger partial charge in [0.25, 0.3) is 0 Å². The van der Waals surface area contributed by atoms with E-state index in [0.717, 1.165) is 24.8 Å². The highest BCUT2D eigenvalue weighted by atomic mass is 35.5. The SMILES string of the molecule is N#CC1(c2cccnc2Cl)CCC1. The Morgan fingerprint density at radius 1 is 1.54 bits per heavy atom. The molecule has 0 radical (unpaired) electrons. The molecule has 0 aliphatic heterocycles. The molecular formula is C10H9ClN2. The van der Waals surface area contributed by atoms with E-state index < -0.39 is 0 Å². The molecule has 1 aliphatic carbocycles. The Bertz CT molecular complexity index is 363. The topological polar surface area (TPSA) is 36.7 Å². The molecule has 0 amide bonds. The Morgan fingerprint density at radius 3 is 2.77 bits per heavy atom. The second kappa shape index (κ2) is 3.01. The zero-order chi connectivity index (χ0) is 9.31. The minimum atomic E-state index is -0.342. The van der Waals surface area contributed by atoms with Gasteiger partial charge in [0.05, 0.1) is 11.5 Å². The van der Waals surface area contributed by atoms with Gasteiger partial charge in [-0.3, -0.25) is 0 Å². The van der Waals surface area contributed by atoms with Crippen molar-refractivity contribution in [2.24, 2.45) is 0 Å². The highest BCUT2D eigenvalue weighted by Gasteiger charge is 2.40. The van der Waals surface area contributed by atoms with Gasteiger partial charge in [0.2, 0.25) is 0 Å². The maximum absolute atomic E-state index is 9.08. The molecule has 1 aromatic heterocycles. The molecule has 0 saturated heterocycles. The zero-order valence-corrected chi connectivity index (χ0v) is 7.88. The van der Waals surface area contributed by atoms with E-state index in [1.165, 1.54) is 0 Å². The minimum Gasteiger partial charge on any atom is -0.244 e. The van der Waals surface area contributed by atoms with Crippen molar-refractivity contribution in [1.29, 1.82) is 5.26 Å². The zero-order valence-electron chi connectivity index (χ0n) is 7.13. The lowest BCUT2D eigenvalue weighted by Gasteiger charge is -2.35. The van der Waals surface area contributed by atoms with Crippen LogP contribution >= 0.6 is 11.6 Å². The van der Waals surface area contributed by atoms with E-state index in [0.29, 0.717) is 5.15 Å². The van der Waals surface area contributed by atoms with Crippen LogP contribution in [0.1, 0.15) is 24.8 Å². The van der Waals surface area contributed by atoms with Gasteiger partial charge >= 0.3 is 0 Å². The smallest absolute Gasteiger partial charge is 0.133 e. The molecule has 1 aromatic rings. The summed E-state index contributed by atoms with van der Waals surface area (Å²) in [7, 11) is 0. The van der Waals surface area contributed by atoms with Crippen molar-refractivity contribution in [3.05, 3.63) is 29.0 Å². The maximum Gasteiger partial charge on any atom is 0.133 e. The van der Waals surface area contributed by atoms with E-state index in [4.69, 9.17) is 16.9 Å². The first-order valence-corrected chi connectivity index (χ1v) is 4.68. The molecular weight excluding hydrogens is 184 g/mol. The monoisotopic (exact) mass is 192 g/mol. The second-order valence-electron chi connectivity index (χ2n) is 3.39. The van der Waals surface area contributed by atoms with Crippen LogP contribution in [0, 0.1) is 11.3 Å². The van der Waals surface area contributed by atoms with Crippen molar-refractivity contribution in [2.75, 3.05) is 0 Å². The number of pyridine rings is 1. The van der Waals surface area contributed by atoms with Crippen molar-refractivity contribution in [2.45, 2.75) is 24.7 Å². The summed E-state index contributed by atoms with van der Waals surface area (Å²) >= 11 is 5.94. The van der Waals surface area contributed by atoms with E-state index in [1.54, 1.807) is 6.20 Å². The molecule has 1 saturated carbocycles. The van der Waals surface area contributed by atoms with Crippen molar-refractivity contribution in [3.8, 4) is 6.07 Å². The average molecular weight is 193 g/mol. The quantitative estimate of drug-likeness (QED) is 0.642. The molecule has 0 atom stereocenters. The van der Waals surface area contributed by atoms with Gasteiger partial charge in [-0.05, 0) is 25.3 Å². The molecule has 0 unspecified atom stereocenters. The molecule has 2 nitrogen and oxygen atoms in total. The summed E-state index contributed by atoms with van der Waals surface area (Å²) in [5.74, 6) is 0. The van der Waals surface area contributed by atoms with Gasteiger partial charge < -0.3 is 0 Å². The standard InChI is InChI=1S/C10H9ClN2/c11-9-8(3-1-6-13-9)10(7-12)4-2-5-10/h1,3,6H,2,4-5H2. The van der Waals surface area contributed by atoms with Gasteiger partial charge in [0.15, 0.2) is 0 Å². The van der Waals surface area contributed by atoms with Crippen LogP contribution in [0.4, 0.5) is 0 Å². The normalized spacial score (nSPS) is 18.8. The van der Waals surface area contributed by atoms with E-state index in [1.807, 2.05) is 12.1 Å². The number of nitrogens with zero attached hydrogens (tertiary/aromatic N) is 2. The van der Waals surface area contributed by atoms with Crippen LogP contribution in [0.3, 0.4) is 0 Å². The van der Waals surface area contributed by atoms with Crippen LogP contribution in [0.25, 0.3) is 0 Å². The Kier molecular flexibility index (Phi) is 1.97. The first kappa shape index (κ1) is 8.52. The molecule has 1 heterocycles. The Morgan fingerprint density at radius 2 is 2.31 bits per heavy atom. The summed E-state index contributed by atoms with van der Waals surface area (Å²) in [6.07, 6.45) is 4.58. The number of rotatable bonds is 1. The highest BCUT2D eigenvalue weighted by molar-refractivity contribution is 6.30. The summed E-state index contributed by atoms with van der Waals surface area (Å²) < 4.78 is 0. The number of halogens is 1. The predicted molar refractivity (Wildman–Crippen MR) is 50.4 cm³/mol. The van der Waals surface area contributed by atoms with Gasteiger partial charge in [-0.25, -0.2) is 4.98 Å². The summed E-state index contributed by atoms with van der Waals surface area (Å²) in [5, 5.41) is 9.55. The molecule has 0 bridgehead atoms. The molecule has 1 aliphatic rings. The van der Waals surface area contributed by atoms with Gasteiger partial charge in [-0.2, -0.15) is 5.26 Å². The van der Waals surface area contributed by atoms with E-state index in [-0.39, 0.29) is 5.41 Å². The summed E-state index contributed by atoms with van der Waals surface area (Å²) in [6, 6.07) is 6.08. The molecule has 0 spiro atoms. The van der Waals surface area contributed by atoms with E-state index in [2.05, 4.69) is 11.1 Å². The Labute approximate surface area is 82.2 Å². The Balaban J connectivity index is 2.46. The third kappa shape index (κ3) is 1.20. The van der Waals surface area contributed by atoms with Crippen LogP contribution in [-0.2, 0) is 5.41 Å². The van der Waals surface area contributed by atoms with Gasteiger partial charge in [-0.15, -0.1) is 0 Å². The van der Waals surface area contributed by atoms with Crippen molar-refractivity contribution in [1.82, 2.24) is 4.98 Å². The Hall–Kier alpha value is -1.07. The van der Waals surface area contributed by atoms with Gasteiger partial charge in [0, 0.05) is 11.8 Å². The van der Waals surface area contributed by atoms with Crippen LogP contribution in [0.5, 0.6) is 0 Å². The molecule has 0 N–H and O–H groups in total. The van der Waals surface area contributed by atoms with Crippen LogP contribution in [0.15, 0.2) is 18.3 Å². The largest absolute Gasteiger partial charge is 0.244 e. The van der Waals surface area contributed by atoms with Crippen molar-refractivity contribution >= 4 is 11.6 Å². The van der Waals surface area contributed by atoms with Crippen LogP contribution in [0.2, 0.25) is 5.15 Å². The van der Waals surface area contributed by atoms with Gasteiger partial charge in [0.1, 0.15) is 5.15 Å². The van der Waals surface area contributed by atoms with Crippen LogP contribution < -0.4 is 0 Å². The van der Waals surface area contributed by atoms with Crippen molar-refractivity contribution < 1.29 is 0 Å². The molecule has 13 heavy (non-hydrogen) atoms. The molecule has 0 aromatic carbocycles. The predicted octanol–water partition coefficient (Wildman–Crippen LogP) is 2.68. The second-order valence-corrected chi connectivity index (χ2v) is 3.75. The third-order valence-electron chi connectivity index (χ3n) is 2.70. The molecule has 1 fully saturated rings. The minimum absolute atomic E-state index is 0.342. The van der Waals surface area contributed by atoms with Crippen molar-refractivity contribution in [3.63, 3.8) is 0 Å². The maximum atomic E-state index is 9.08. The summed E-state index contributed by atoms with van der Waals surface area (Å²) in [5.41, 5.74) is 0.552. The fourth-order valence-corrected chi connectivity index (χ4v) is 2.01. The van der Waals surface area contributed by atoms with Crippen LogP contribution in [-0.4, -0.2) is 4.98 Å². The lowest BCUT2D eigenvalue weighted by Crippen LogP contribution is -2.32.